The summed E-state index contributed by atoms with van der Waals surface area (Å²) < 4.78 is 5.94. The van der Waals surface area contributed by atoms with Crippen LogP contribution in [0.1, 0.15) is 37.7 Å². The largest absolute Gasteiger partial charge is 0.490 e. The van der Waals surface area contributed by atoms with Gasteiger partial charge in [-0.2, -0.15) is 0 Å². The van der Waals surface area contributed by atoms with Crippen molar-refractivity contribution in [1.29, 1.82) is 0 Å². The Morgan fingerprint density at radius 2 is 1.88 bits per heavy atom. The zero-order valence-corrected chi connectivity index (χ0v) is 10.7. The minimum absolute atomic E-state index is 0.463. The molecule has 0 amide bonds. The highest BCUT2D eigenvalue weighted by molar-refractivity contribution is 5.27. The van der Waals surface area contributed by atoms with Gasteiger partial charge in [0.15, 0.2) is 0 Å². The average molecular weight is 233 g/mol. The van der Waals surface area contributed by atoms with Crippen LogP contribution in [0.25, 0.3) is 0 Å². The molecule has 0 atom stereocenters. The predicted octanol–water partition coefficient (Wildman–Crippen LogP) is 3.16. The topological polar surface area (TPSA) is 21.3 Å². The number of hydrogen-bond acceptors (Lipinski definition) is 2. The van der Waals surface area contributed by atoms with Crippen LogP contribution in [0.15, 0.2) is 24.3 Å². The van der Waals surface area contributed by atoms with Crippen molar-refractivity contribution in [2.75, 3.05) is 13.6 Å². The van der Waals surface area contributed by atoms with Crippen molar-refractivity contribution in [1.82, 2.24) is 5.32 Å². The Labute approximate surface area is 104 Å². The fraction of sp³-hybridized carbons (Fsp3) is 0.600. The molecule has 0 unspecified atom stereocenters. The van der Waals surface area contributed by atoms with Crippen molar-refractivity contribution in [3.63, 3.8) is 0 Å². The molecule has 1 N–H and O–H groups in total. The van der Waals surface area contributed by atoms with E-state index in [1.54, 1.807) is 0 Å². The van der Waals surface area contributed by atoms with E-state index in [0.717, 1.165) is 18.7 Å². The molecule has 0 saturated heterocycles. The molecule has 0 radical (unpaired) electrons. The van der Waals surface area contributed by atoms with Crippen LogP contribution in [-0.2, 0) is 6.42 Å². The third kappa shape index (κ3) is 4.04. The molecule has 0 aliphatic heterocycles. The maximum Gasteiger partial charge on any atom is 0.119 e. The summed E-state index contributed by atoms with van der Waals surface area (Å²) in [6.45, 7) is 1.08. The number of rotatable bonds is 6. The molecule has 1 aliphatic carbocycles. The normalized spacial score (nSPS) is 16.3. The minimum atomic E-state index is 0.463. The smallest absolute Gasteiger partial charge is 0.119 e. The van der Waals surface area contributed by atoms with Crippen LogP contribution in [0.4, 0.5) is 0 Å². The van der Waals surface area contributed by atoms with Crippen LogP contribution in [0.2, 0.25) is 0 Å². The van der Waals surface area contributed by atoms with Crippen LogP contribution in [0.3, 0.4) is 0 Å². The molecule has 0 aromatic heterocycles. The highest BCUT2D eigenvalue weighted by atomic mass is 16.5. The van der Waals surface area contributed by atoms with Gasteiger partial charge < -0.3 is 10.1 Å². The molecule has 1 fully saturated rings. The number of aryl methyl sites for hydroxylation is 1. The van der Waals surface area contributed by atoms with E-state index in [2.05, 4.69) is 29.6 Å². The first-order valence-corrected chi connectivity index (χ1v) is 6.78. The van der Waals surface area contributed by atoms with E-state index >= 15 is 0 Å². The van der Waals surface area contributed by atoms with Gasteiger partial charge in [-0.25, -0.2) is 0 Å². The molecule has 1 aromatic rings. The number of hydrogen-bond donors (Lipinski definition) is 1. The van der Waals surface area contributed by atoms with E-state index in [0.29, 0.717) is 6.10 Å². The average Bonchev–Trinajstić information content (AvgIpc) is 2.85. The van der Waals surface area contributed by atoms with Gasteiger partial charge in [0.1, 0.15) is 5.75 Å². The van der Waals surface area contributed by atoms with Crippen LogP contribution < -0.4 is 10.1 Å². The molecule has 2 heteroatoms. The molecule has 2 nitrogen and oxygen atoms in total. The lowest BCUT2D eigenvalue weighted by Crippen LogP contribution is -2.10. The standard InChI is InChI=1S/C15H23NO/c1-16-12-4-5-13-8-10-15(11-9-13)17-14-6-2-3-7-14/h8-11,14,16H,2-7,12H2,1H3. The zero-order valence-electron chi connectivity index (χ0n) is 10.7. The monoisotopic (exact) mass is 233 g/mol. The second kappa shape index (κ2) is 6.65. The summed E-state index contributed by atoms with van der Waals surface area (Å²) in [5.74, 6) is 1.04. The van der Waals surface area contributed by atoms with Crippen molar-refractivity contribution in [2.24, 2.45) is 0 Å². The van der Waals surface area contributed by atoms with E-state index in [-0.39, 0.29) is 0 Å². The Bertz CT molecular complexity index is 314. The quantitative estimate of drug-likeness (QED) is 0.762. The summed E-state index contributed by atoms with van der Waals surface area (Å²) in [6.07, 6.45) is 7.90. The van der Waals surface area contributed by atoms with Gasteiger partial charge in [-0.05, 0) is 69.8 Å². The Morgan fingerprint density at radius 3 is 2.53 bits per heavy atom. The lowest BCUT2D eigenvalue weighted by atomic mass is 10.1. The Hall–Kier alpha value is -1.02. The van der Waals surface area contributed by atoms with Crippen molar-refractivity contribution < 1.29 is 4.74 Å². The third-order valence-corrected chi connectivity index (χ3v) is 3.42. The first kappa shape index (κ1) is 12.4. The minimum Gasteiger partial charge on any atom is -0.490 e. The number of nitrogens with one attached hydrogen (secondary N) is 1. The first-order chi connectivity index (χ1) is 8.38. The number of benzene rings is 1. The third-order valence-electron chi connectivity index (χ3n) is 3.42. The molecular weight excluding hydrogens is 210 g/mol. The van der Waals surface area contributed by atoms with E-state index < -0.39 is 0 Å². The lowest BCUT2D eigenvalue weighted by molar-refractivity contribution is 0.210. The summed E-state index contributed by atoms with van der Waals surface area (Å²) in [5, 5.41) is 3.17. The molecule has 0 bridgehead atoms. The highest BCUT2D eigenvalue weighted by Gasteiger charge is 2.16. The molecule has 17 heavy (non-hydrogen) atoms. The fourth-order valence-electron chi connectivity index (χ4n) is 2.40. The van der Waals surface area contributed by atoms with Crippen LogP contribution in [0, 0.1) is 0 Å². The van der Waals surface area contributed by atoms with Crippen LogP contribution in [0.5, 0.6) is 5.75 Å². The molecule has 94 valence electrons. The van der Waals surface area contributed by atoms with E-state index in [1.165, 1.54) is 37.7 Å². The highest BCUT2D eigenvalue weighted by Crippen LogP contribution is 2.24. The van der Waals surface area contributed by atoms with Gasteiger partial charge in [0.2, 0.25) is 0 Å². The molecule has 2 rings (SSSR count). The van der Waals surface area contributed by atoms with Crippen molar-refractivity contribution in [2.45, 2.75) is 44.6 Å². The van der Waals surface area contributed by atoms with Crippen molar-refractivity contribution in [3.05, 3.63) is 29.8 Å². The van der Waals surface area contributed by atoms with Crippen LogP contribution >= 0.6 is 0 Å². The molecule has 0 spiro atoms. The Balaban J connectivity index is 1.80. The lowest BCUT2D eigenvalue weighted by Gasteiger charge is -2.13. The first-order valence-electron chi connectivity index (χ1n) is 6.78. The molecule has 0 heterocycles. The Kier molecular flexibility index (Phi) is 4.87. The van der Waals surface area contributed by atoms with Crippen LogP contribution in [-0.4, -0.2) is 19.7 Å². The summed E-state index contributed by atoms with van der Waals surface area (Å²) in [4.78, 5) is 0. The van der Waals surface area contributed by atoms with Gasteiger partial charge in [-0.3, -0.25) is 0 Å². The second-order valence-electron chi connectivity index (χ2n) is 4.88. The molecule has 1 aromatic carbocycles. The molecule has 1 saturated carbocycles. The van der Waals surface area contributed by atoms with Gasteiger partial charge in [0, 0.05) is 0 Å². The maximum atomic E-state index is 5.94. The summed E-state index contributed by atoms with van der Waals surface area (Å²) in [5.41, 5.74) is 1.40. The maximum absolute atomic E-state index is 5.94. The second-order valence-corrected chi connectivity index (χ2v) is 4.88. The predicted molar refractivity (Wildman–Crippen MR) is 71.6 cm³/mol. The Morgan fingerprint density at radius 1 is 1.18 bits per heavy atom. The SMILES string of the molecule is CNCCCc1ccc(OC2CCCC2)cc1. The summed E-state index contributed by atoms with van der Waals surface area (Å²) in [7, 11) is 2.00. The zero-order chi connectivity index (χ0) is 11.9. The van der Waals surface area contributed by atoms with Gasteiger partial charge in [0.05, 0.1) is 6.10 Å². The molecule has 1 aliphatic rings. The van der Waals surface area contributed by atoms with E-state index in [1.807, 2.05) is 7.05 Å². The summed E-state index contributed by atoms with van der Waals surface area (Å²) in [6, 6.07) is 8.62. The van der Waals surface area contributed by atoms with E-state index in [4.69, 9.17) is 4.74 Å². The molecular formula is C15H23NO. The van der Waals surface area contributed by atoms with Gasteiger partial charge in [-0.1, -0.05) is 12.1 Å². The van der Waals surface area contributed by atoms with Gasteiger partial charge in [0.25, 0.3) is 0 Å². The number of ether oxygens (including phenoxy) is 1. The summed E-state index contributed by atoms with van der Waals surface area (Å²) >= 11 is 0. The van der Waals surface area contributed by atoms with Gasteiger partial charge in [-0.15, -0.1) is 0 Å². The fourth-order valence-corrected chi connectivity index (χ4v) is 2.40. The van der Waals surface area contributed by atoms with E-state index in [9.17, 15) is 0 Å². The van der Waals surface area contributed by atoms with Crippen molar-refractivity contribution >= 4 is 0 Å². The van der Waals surface area contributed by atoms with Gasteiger partial charge >= 0.3 is 0 Å². The van der Waals surface area contributed by atoms with Crippen molar-refractivity contribution in [3.8, 4) is 5.75 Å².